The normalized spacial score (nSPS) is 32.9. The lowest BCUT2D eigenvalue weighted by atomic mass is 9.87. The summed E-state index contributed by atoms with van der Waals surface area (Å²) in [6.45, 7) is 6.33. The first-order valence-electron chi connectivity index (χ1n) is 4.24. The van der Waals surface area contributed by atoms with Crippen molar-refractivity contribution in [3.8, 4) is 0 Å². The van der Waals surface area contributed by atoms with Crippen molar-refractivity contribution >= 4 is 17.5 Å². The molecule has 11 heavy (non-hydrogen) atoms. The van der Waals surface area contributed by atoms with Gasteiger partial charge in [0.05, 0.1) is 0 Å². The molecule has 0 bridgehead atoms. The first kappa shape index (κ1) is 9.11. The van der Waals surface area contributed by atoms with Crippen molar-refractivity contribution in [3.05, 3.63) is 0 Å². The van der Waals surface area contributed by atoms with Gasteiger partial charge < -0.3 is 0 Å². The van der Waals surface area contributed by atoms with Crippen LogP contribution in [0.3, 0.4) is 0 Å². The topological polar surface area (TPSA) is 17.1 Å². The average Bonchev–Trinajstić information content (AvgIpc) is 1.94. The number of carbonyl (C=O) groups is 1. The third kappa shape index (κ3) is 1.98. The van der Waals surface area contributed by atoms with Crippen molar-refractivity contribution in [2.45, 2.75) is 20.8 Å². The van der Waals surface area contributed by atoms with E-state index >= 15 is 0 Å². The Morgan fingerprint density at radius 3 is 2.55 bits per heavy atom. The Labute approximate surface area is 72.9 Å². The highest BCUT2D eigenvalue weighted by Gasteiger charge is 2.30. The minimum atomic E-state index is 0.293. The Morgan fingerprint density at radius 1 is 1.45 bits per heavy atom. The van der Waals surface area contributed by atoms with Gasteiger partial charge in [0.1, 0.15) is 5.78 Å². The maximum atomic E-state index is 11.6. The molecule has 1 fully saturated rings. The molecular formula is C9H16OS. The number of hydrogen-bond donors (Lipinski definition) is 0. The van der Waals surface area contributed by atoms with E-state index in [1.54, 1.807) is 0 Å². The van der Waals surface area contributed by atoms with Gasteiger partial charge >= 0.3 is 0 Å². The molecule has 64 valence electrons. The Balaban J connectivity index is 2.58. The summed E-state index contributed by atoms with van der Waals surface area (Å²) in [4.78, 5) is 11.6. The standard InChI is InChI=1S/C9H16OS/c1-6(2)8-5-11-4-7(3)9(8)10/h6-8H,4-5H2,1-3H3. The zero-order valence-corrected chi connectivity index (χ0v) is 8.28. The molecule has 2 heteroatoms. The third-order valence-corrected chi connectivity index (χ3v) is 3.65. The summed E-state index contributed by atoms with van der Waals surface area (Å²) >= 11 is 1.92. The number of Topliss-reactive ketones (excluding diaryl/α,β-unsaturated/α-hetero) is 1. The van der Waals surface area contributed by atoms with Crippen LogP contribution in [0.4, 0.5) is 0 Å². The van der Waals surface area contributed by atoms with Crippen LogP contribution >= 0.6 is 11.8 Å². The van der Waals surface area contributed by atoms with Crippen molar-refractivity contribution in [1.82, 2.24) is 0 Å². The summed E-state index contributed by atoms with van der Waals surface area (Å²) in [5, 5.41) is 0. The summed E-state index contributed by atoms with van der Waals surface area (Å²) in [5.41, 5.74) is 0. The van der Waals surface area contributed by atoms with Crippen LogP contribution in [0.5, 0.6) is 0 Å². The SMILES string of the molecule is CC1CSCC(C(C)C)C1=O. The molecule has 1 aliphatic heterocycles. The van der Waals surface area contributed by atoms with Gasteiger partial charge in [-0.05, 0) is 5.92 Å². The van der Waals surface area contributed by atoms with E-state index in [1.165, 1.54) is 0 Å². The van der Waals surface area contributed by atoms with Gasteiger partial charge in [-0.1, -0.05) is 20.8 Å². The molecule has 0 N–H and O–H groups in total. The molecule has 1 aliphatic rings. The second kappa shape index (κ2) is 3.61. The van der Waals surface area contributed by atoms with Crippen molar-refractivity contribution in [1.29, 1.82) is 0 Å². The number of hydrogen-bond acceptors (Lipinski definition) is 2. The second-order valence-electron chi connectivity index (χ2n) is 3.69. The zero-order chi connectivity index (χ0) is 8.43. The van der Waals surface area contributed by atoms with Crippen molar-refractivity contribution in [3.63, 3.8) is 0 Å². The average molecular weight is 172 g/mol. The maximum absolute atomic E-state index is 11.6. The molecule has 2 atom stereocenters. The molecule has 0 spiro atoms. The van der Waals surface area contributed by atoms with Gasteiger partial charge in [0.15, 0.2) is 0 Å². The van der Waals surface area contributed by atoms with E-state index < -0.39 is 0 Å². The zero-order valence-electron chi connectivity index (χ0n) is 7.46. The second-order valence-corrected chi connectivity index (χ2v) is 4.77. The quantitative estimate of drug-likeness (QED) is 0.603. The molecule has 0 aromatic heterocycles. The van der Waals surface area contributed by atoms with Gasteiger partial charge in [0, 0.05) is 23.3 Å². The molecule has 1 rings (SSSR count). The van der Waals surface area contributed by atoms with E-state index in [0.29, 0.717) is 23.5 Å². The predicted molar refractivity (Wildman–Crippen MR) is 49.8 cm³/mol. The Hall–Kier alpha value is 0.0200. The summed E-state index contributed by atoms with van der Waals surface area (Å²) in [6.07, 6.45) is 0. The highest BCUT2D eigenvalue weighted by molar-refractivity contribution is 7.99. The summed E-state index contributed by atoms with van der Waals surface area (Å²) in [7, 11) is 0. The highest BCUT2D eigenvalue weighted by atomic mass is 32.2. The molecule has 1 saturated heterocycles. The summed E-state index contributed by atoms with van der Waals surface area (Å²) in [6, 6.07) is 0. The van der Waals surface area contributed by atoms with Crippen LogP contribution in [-0.4, -0.2) is 17.3 Å². The third-order valence-electron chi connectivity index (χ3n) is 2.32. The van der Waals surface area contributed by atoms with Crippen molar-refractivity contribution in [2.24, 2.45) is 17.8 Å². The molecule has 0 amide bonds. The highest BCUT2D eigenvalue weighted by Crippen LogP contribution is 2.28. The number of rotatable bonds is 1. The Kier molecular flexibility index (Phi) is 2.99. The Bertz CT molecular complexity index is 154. The molecule has 0 aromatic rings. The van der Waals surface area contributed by atoms with E-state index in [9.17, 15) is 4.79 Å². The van der Waals surface area contributed by atoms with Crippen LogP contribution in [0.1, 0.15) is 20.8 Å². The first-order chi connectivity index (χ1) is 5.13. The van der Waals surface area contributed by atoms with E-state index in [2.05, 4.69) is 13.8 Å². The molecule has 0 aliphatic carbocycles. The molecule has 0 radical (unpaired) electrons. The Morgan fingerprint density at radius 2 is 2.09 bits per heavy atom. The van der Waals surface area contributed by atoms with Crippen LogP contribution in [0.2, 0.25) is 0 Å². The lowest BCUT2D eigenvalue weighted by Gasteiger charge is -2.27. The molecule has 0 saturated carbocycles. The molecule has 1 nitrogen and oxygen atoms in total. The van der Waals surface area contributed by atoms with Crippen LogP contribution in [0, 0.1) is 17.8 Å². The van der Waals surface area contributed by atoms with Crippen molar-refractivity contribution in [2.75, 3.05) is 11.5 Å². The van der Waals surface area contributed by atoms with E-state index in [0.717, 1.165) is 11.5 Å². The van der Waals surface area contributed by atoms with E-state index in [-0.39, 0.29) is 0 Å². The van der Waals surface area contributed by atoms with Gasteiger partial charge in [-0.25, -0.2) is 0 Å². The lowest BCUT2D eigenvalue weighted by molar-refractivity contribution is -0.126. The molecular weight excluding hydrogens is 156 g/mol. The number of thioether (sulfide) groups is 1. The van der Waals surface area contributed by atoms with Crippen molar-refractivity contribution < 1.29 is 4.79 Å². The predicted octanol–water partition coefficient (Wildman–Crippen LogP) is 2.21. The fraction of sp³-hybridized carbons (Fsp3) is 0.889. The summed E-state index contributed by atoms with van der Waals surface area (Å²) in [5.74, 6) is 3.70. The van der Waals surface area contributed by atoms with Gasteiger partial charge in [-0.15, -0.1) is 0 Å². The minimum absolute atomic E-state index is 0.293. The van der Waals surface area contributed by atoms with Gasteiger partial charge in [-0.2, -0.15) is 11.8 Å². The largest absolute Gasteiger partial charge is 0.299 e. The van der Waals surface area contributed by atoms with Crippen LogP contribution in [0.25, 0.3) is 0 Å². The first-order valence-corrected chi connectivity index (χ1v) is 5.40. The maximum Gasteiger partial charge on any atom is 0.140 e. The van der Waals surface area contributed by atoms with Crippen LogP contribution in [0.15, 0.2) is 0 Å². The van der Waals surface area contributed by atoms with E-state index in [4.69, 9.17) is 0 Å². The van der Waals surface area contributed by atoms with Crippen LogP contribution < -0.4 is 0 Å². The lowest BCUT2D eigenvalue weighted by Crippen LogP contribution is -2.33. The summed E-state index contributed by atoms with van der Waals surface area (Å²) < 4.78 is 0. The fourth-order valence-electron chi connectivity index (χ4n) is 1.42. The minimum Gasteiger partial charge on any atom is -0.299 e. The molecule has 2 unspecified atom stereocenters. The van der Waals surface area contributed by atoms with E-state index in [1.807, 2.05) is 18.7 Å². The molecule has 0 aromatic carbocycles. The van der Waals surface area contributed by atoms with Crippen LogP contribution in [-0.2, 0) is 4.79 Å². The number of ketones is 1. The fourth-order valence-corrected chi connectivity index (χ4v) is 2.88. The van der Waals surface area contributed by atoms with Gasteiger partial charge in [0.25, 0.3) is 0 Å². The number of carbonyl (C=O) groups excluding carboxylic acids is 1. The smallest absolute Gasteiger partial charge is 0.140 e. The van der Waals surface area contributed by atoms with Gasteiger partial charge in [0.2, 0.25) is 0 Å². The monoisotopic (exact) mass is 172 g/mol. The van der Waals surface area contributed by atoms with Gasteiger partial charge in [-0.3, -0.25) is 4.79 Å². The molecule has 1 heterocycles.